The number of para-hydroxylation sites is 1. The Hall–Kier alpha value is -2.00. The molecule has 0 spiro atoms. The van der Waals surface area contributed by atoms with Gasteiger partial charge in [0, 0.05) is 29.1 Å². The van der Waals surface area contributed by atoms with Gasteiger partial charge in [-0.2, -0.15) is 11.8 Å². The van der Waals surface area contributed by atoms with Crippen molar-refractivity contribution in [2.24, 2.45) is 0 Å². The normalized spacial score (nSPS) is 11.0. The Bertz CT molecular complexity index is 776. The zero-order valence-electron chi connectivity index (χ0n) is 12.6. The van der Waals surface area contributed by atoms with E-state index < -0.39 is 0 Å². The second-order valence-electron chi connectivity index (χ2n) is 5.37. The first-order valence-electron chi connectivity index (χ1n) is 7.44. The monoisotopic (exact) mass is 309 g/mol. The number of ketones is 1. The van der Waals surface area contributed by atoms with E-state index in [4.69, 9.17) is 0 Å². The summed E-state index contributed by atoms with van der Waals surface area (Å²) in [6.07, 6.45) is 5.44. The summed E-state index contributed by atoms with van der Waals surface area (Å²) in [5, 5.41) is 1.04. The van der Waals surface area contributed by atoms with Crippen LogP contribution in [-0.2, 0) is 12.8 Å². The molecular formula is C19H19NOS. The fraction of sp³-hybridized carbons (Fsp3) is 0.211. The van der Waals surface area contributed by atoms with Crippen molar-refractivity contribution in [2.75, 3.05) is 12.0 Å². The summed E-state index contributed by atoms with van der Waals surface area (Å²) in [7, 11) is 0. The number of Topliss-reactive ketones (excluding diaryl/α,β-unsaturated/α-hetero) is 1. The Labute approximate surface area is 134 Å². The van der Waals surface area contributed by atoms with Crippen molar-refractivity contribution < 1.29 is 4.79 Å². The quantitative estimate of drug-likeness (QED) is 0.680. The van der Waals surface area contributed by atoms with Gasteiger partial charge in [-0.15, -0.1) is 0 Å². The van der Waals surface area contributed by atoms with Crippen molar-refractivity contribution in [3.8, 4) is 0 Å². The molecule has 0 aliphatic heterocycles. The molecule has 0 bridgehead atoms. The van der Waals surface area contributed by atoms with Crippen LogP contribution in [0.4, 0.5) is 0 Å². The molecule has 0 unspecified atom stereocenters. The van der Waals surface area contributed by atoms with Crippen LogP contribution in [0.1, 0.15) is 21.5 Å². The Balaban J connectivity index is 1.89. The third-order valence-corrected chi connectivity index (χ3v) is 4.50. The molecule has 0 fully saturated rings. The van der Waals surface area contributed by atoms with Gasteiger partial charge in [-0.25, -0.2) is 0 Å². The van der Waals surface area contributed by atoms with Gasteiger partial charge in [-0.1, -0.05) is 48.5 Å². The Morgan fingerprint density at radius 1 is 1.09 bits per heavy atom. The van der Waals surface area contributed by atoms with Gasteiger partial charge in [0.15, 0.2) is 5.78 Å². The summed E-state index contributed by atoms with van der Waals surface area (Å²) in [5.41, 5.74) is 4.24. The Morgan fingerprint density at radius 3 is 2.68 bits per heavy atom. The number of hydrogen-bond donors (Lipinski definition) is 1. The molecule has 3 rings (SSSR count). The number of carbonyl (C=O) groups is 1. The first-order valence-corrected chi connectivity index (χ1v) is 8.84. The number of H-pyrrole nitrogens is 1. The van der Waals surface area contributed by atoms with E-state index in [0.717, 1.165) is 34.2 Å². The molecule has 1 aromatic heterocycles. The lowest BCUT2D eigenvalue weighted by atomic mass is 10.0. The molecule has 3 heteroatoms. The number of hydrogen-bond acceptors (Lipinski definition) is 2. The number of nitrogens with one attached hydrogen (secondary N) is 1. The third-order valence-electron chi connectivity index (χ3n) is 3.89. The summed E-state index contributed by atoms with van der Waals surface area (Å²) in [5.74, 6) is 1.25. The van der Waals surface area contributed by atoms with Crippen LogP contribution in [0.15, 0.2) is 54.7 Å². The first kappa shape index (κ1) is 14.9. The van der Waals surface area contributed by atoms with Gasteiger partial charge in [0.05, 0.1) is 0 Å². The topological polar surface area (TPSA) is 32.9 Å². The van der Waals surface area contributed by atoms with E-state index >= 15 is 0 Å². The summed E-state index contributed by atoms with van der Waals surface area (Å²) < 4.78 is 0. The highest BCUT2D eigenvalue weighted by Gasteiger charge is 2.14. The molecule has 0 amide bonds. The van der Waals surface area contributed by atoms with Crippen LogP contribution < -0.4 is 0 Å². The highest BCUT2D eigenvalue weighted by atomic mass is 32.2. The van der Waals surface area contributed by atoms with Crippen molar-refractivity contribution >= 4 is 28.4 Å². The van der Waals surface area contributed by atoms with Crippen LogP contribution >= 0.6 is 11.8 Å². The average Bonchev–Trinajstić information content (AvgIpc) is 2.98. The van der Waals surface area contributed by atoms with E-state index in [2.05, 4.69) is 17.3 Å². The minimum atomic E-state index is 0.166. The fourth-order valence-corrected chi connectivity index (χ4v) is 3.17. The summed E-state index contributed by atoms with van der Waals surface area (Å²) >= 11 is 1.84. The van der Waals surface area contributed by atoms with E-state index in [-0.39, 0.29) is 5.78 Å². The molecule has 0 radical (unpaired) electrons. The van der Waals surface area contributed by atoms with Crippen LogP contribution in [0.5, 0.6) is 0 Å². The maximum absolute atomic E-state index is 12.6. The molecule has 1 heterocycles. The summed E-state index contributed by atoms with van der Waals surface area (Å²) in [6.45, 7) is 0. The minimum absolute atomic E-state index is 0.166. The van der Waals surface area contributed by atoms with E-state index in [0.29, 0.717) is 6.42 Å². The molecule has 0 aliphatic carbocycles. The minimum Gasteiger partial charge on any atom is -0.360 e. The van der Waals surface area contributed by atoms with Crippen LogP contribution in [0.25, 0.3) is 10.9 Å². The number of rotatable bonds is 6. The molecule has 3 aromatic rings. The van der Waals surface area contributed by atoms with Gasteiger partial charge < -0.3 is 4.98 Å². The summed E-state index contributed by atoms with van der Waals surface area (Å²) in [4.78, 5) is 15.9. The predicted octanol–water partition coefficient (Wildman–Crippen LogP) is 4.50. The van der Waals surface area contributed by atoms with Gasteiger partial charge >= 0.3 is 0 Å². The molecule has 2 aromatic carbocycles. The zero-order valence-corrected chi connectivity index (χ0v) is 13.5. The average molecular weight is 309 g/mol. The zero-order chi connectivity index (χ0) is 15.4. The largest absolute Gasteiger partial charge is 0.360 e. The van der Waals surface area contributed by atoms with E-state index in [9.17, 15) is 4.79 Å². The lowest BCUT2D eigenvalue weighted by Gasteiger charge is -2.03. The van der Waals surface area contributed by atoms with Crippen LogP contribution in [-0.4, -0.2) is 22.8 Å². The van der Waals surface area contributed by atoms with Gasteiger partial charge in [-0.05, 0) is 29.6 Å². The van der Waals surface area contributed by atoms with E-state index in [1.165, 1.54) is 5.56 Å². The Morgan fingerprint density at radius 2 is 1.91 bits per heavy atom. The van der Waals surface area contributed by atoms with Crippen LogP contribution in [0, 0.1) is 0 Å². The molecule has 0 saturated carbocycles. The number of carbonyl (C=O) groups excluding carboxylic acids is 1. The molecule has 1 N–H and O–H groups in total. The standard InChI is InChI=1S/C19H19NOS/c1-22-11-10-15-8-5-9-16-17(13-20-19(15)16)18(21)12-14-6-3-2-4-7-14/h2-9,13,20H,10-12H2,1H3. The van der Waals surface area contributed by atoms with Crippen LogP contribution in [0.3, 0.4) is 0 Å². The molecule has 0 saturated heterocycles. The third kappa shape index (κ3) is 3.09. The highest BCUT2D eigenvalue weighted by molar-refractivity contribution is 7.98. The second kappa shape index (κ2) is 6.84. The number of aromatic amines is 1. The molecule has 0 aliphatic rings. The van der Waals surface area contributed by atoms with Gasteiger partial charge in [0.1, 0.15) is 0 Å². The van der Waals surface area contributed by atoms with Crippen molar-refractivity contribution in [2.45, 2.75) is 12.8 Å². The molecule has 112 valence electrons. The van der Waals surface area contributed by atoms with Crippen molar-refractivity contribution in [1.82, 2.24) is 4.98 Å². The molecular weight excluding hydrogens is 290 g/mol. The number of fused-ring (bicyclic) bond motifs is 1. The Kier molecular flexibility index (Phi) is 4.64. The van der Waals surface area contributed by atoms with Gasteiger partial charge in [-0.3, -0.25) is 4.79 Å². The number of benzene rings is 2. The smallest absolute Gasteiger partial charge is 0.169 e. The molecule has 22 heavy (non-hydrogen) atoms. The van der Waals surface area contributed by atoms with Crippen LogP contribution in [0.2, 0.25) is 0 Å². The highest BCUT2D eigenvalue weighted by Crippen LogP contribution is 2.24. The maximum Gasteiger partial charge on any atom is 0.169 e. The van der Waals surface area contributed by atoms with Crippen molar-refractivity contribution in [1.29, 1.82) is 0 Å². The van der Waals surface area contributed by atoms with Crippen molar-refractivity contribution in [3.63, 3.8) is 0 Å². The lowest BCUT2D eigenvalue weighted by Crippen LogP contribution is -2.02. The fourth-order valence-electron chi connectivity index (χ4n) is 2.74. The lowest BCUT2D eigenvalue weighted by molar-refractivity contribution is 0.0994. The van der Waals surface area contributed by atoms with Crippen molar-refractivity contribution in [3.05, 3.63) is 71.4 Å². The summed E-state index contributed by atoms with van der Waals surface area (Å²) in [6, 6.07) is 16.1. The number of aryl methyl sites for hydroxylation is 1. The SMILES string of the molecule is CSCCc1cccc2c(C(=O)Cc3ccccc3)c[nH]c12. The van der Waals surface area contributed by atoms with Gasteiger partial charge in [0.2, 0.25) is 0 Å². The first-order chi connectivity index (χ1) is 10.8. The second-order valence-corrected chi connectivity index (χ2v) is 6.36. The van der Waals surface area contributed by atoms with Gasteiger partial charge in [0.25, 0.3) is 0 Å². The number of thioether (sulfide) groups is 1. The van der Waals surface area contributed by atoms with E-state index in [1.807, 2.05) is 60.4 Å². The number of aromatic nitrogens is 1. The molecule has 0 atom stereocenters. The molecule has 2 nitrogen and oxygen atoms in total. The maximum atomic E-state index is 12.6. The van der Waals surface area contributed by atoms with E-state index in [1.54, 1.807) is 0 Å². The predicted molar refractivity (Wildman–Crippen MR) is 94.9 cm³/mol.